The number of rotatable bonds is 7. The number of methoxy groups -OCH3 is 1. The molecule has 3 N–H and O–H groups in total. The number of aliphatic hydroxyl groups excluding tert-OH is 1. The Labute approximate surface area is 185 Å². The van der Waals surface area contributed by atoms with Gasteiger partial charge in [-0.05, 0) is 17.2 Å². The van der Waals surface area contributed by atoms with Gasteiger partial charge in [0.2, 0.25) is 5.88 Å². The number of carboxylic acids is 1. The van der Waals surface area contributed by atoms with Gasteiger partial charge in [-0.3, -0.25) is 14.4 Å². The molecule has 1 aliphatic heterocycles. The average Bonchev–Trinajstić information content (AvgIpc) is 2.77. The Morgan fingerprint density at radius 2 is 1.81 bits per heavy atom. The topological polar surface area (TPSA) is 129 Å². The summed E-state index contributed by atoms with van der Waals surface area (Å²) in [4.78, 5) is 41.8. The predicted molar refractivity (Wildman–Crippen MR) is 116 cm³/mol. The number of aliphatic hydroxyl groups is 1. The summed E-state index contributed by atoms with van der Waals surface area (Å²) in [6.07, 6.45) is 1.71. The first kappa shape index (κ1) is 22.8. The van der Waals surface area contributed by atoms with Gasteiger partial charge in [-0.2, -0.15) is 0 Å². The van der Waals surface area contributed by atoms with Crippen LogP contribution in [0, 0.1) is 5.41 Å². The summed E-state index contributed by atoms with van der Waals surface area (Å²) in [6, 6.07) is 11.2. The Kier molecular flexibility index (Phi) is 6.47. The van der Waals surface area contributed by atoms with Gasteiger partial charge in [0.05, 0.1) is 7.11 Å². The van der Waals surface area contributed by atoms with E-state index in [0.29, 0.717) is 5.88 Å². The highest BCUT2D eigenvalue weighted by Gasteiger charge is 2.42. The summed E-state index contributed by atoms with van der Waals surface area (Å²) in [5, 5.41) is 21.4. The number of nitrogens with zero attached hydrogens (tertiary/aromatic N) is 2. The van der Waals surface area contributed by atoms with Crippen LogP contribution < -0.4 is 10.1 Å². The molecule has 168 valence electrons. The number of aliphatic carboxylic acids is 1. The second-order valence-electron chi connectivity index (χ2n) is 8.13. The largest absolute Gasteiger partial charge is 0.511 e. The molecule has 2 amide bonds. The van der Waals surface area contributed by atoms with Crippen molar-refractivity contribution in [2.24, 2.45) is 5.41 Å². The lowest BCUT2D eigenvalue weighted by Crippen LogP contribution is -2.49. The first-order chi connectivity index (χ1) is 15.1. The molecule has 0 bridgehead atoms. The molecule has 0 aliphatic carbocycles. The quantitative estimate of drug-likeness (QED) is 0.564. The fourth-order valence-electron chi connectivity index (χ4n) is 3.49. The van der Waals surface area contributed by atoms with Gasteiger partial charge in [0.1, 0.15) is 17.9 Å². The van der Waals surface area contributed by atoms with Crippen LogP contribution in [0.2, 0.25) is 0 Å². The molecule has 1 aliphatic rings. The van der Waals surface area contributed by atoms with Gasteiger partial charge in [0.25, 0.3) is 11.8 Å². The van der Waals surface area contributed by atoms with Gasteiger partial charge >= 0.3 is 5.97 Å². The van der Waals surface area contributed by atoms with Crippen molar-refractivity contribution >= 4 is 17.8 Å². The molecule has 0 spiro atoms. The van der Waals surface area contributed by atoms with Crippen LogP contribution in [0.5, 0.6) is 5.88 Å². The van der Waals surface area contributed by atoms with Crippen LogP contribution in [0.25, 0.3) is 11.1 Å². The minimum Gasteiger partial charge on any atom is -0.511 e. The van der Waals surface area contributed by atoms with E-state index in [2.05, 4.69) is 10.3 Å². The van der Waals surface area contributed by atoms with E-state index in [1.165, 1.54) is 4.90 Å². The van der Waals surface area contributed by atoms with E-state index >= 15 is 0 Å². The predicted octanol–water partition coefficient (Wildman–Crippen LogP) is 2.14. The Bertz CT molecular complexity index is 1060. The number of carboxylic acid groups (broad SMARTS) is 1. The fraction of sp³-hybridized carbons (Fsp3) is 0.304. The third-order valence-electron chi connectivity index (χ3n) is 5.20. The number of hydrogen-bond acceptors (Lipinski definition) is 6. The van der Waals surface area contributed by atoms with Crippen molar-refractivity contribution in [3.05, 3.63) is 59.5 Å². The lowest BCUT2D eigenvalue weighted by Gasteiger charge is -2.38. The molecule has 3 rings (SSSR count). The zero-order valence-corrected chi connectivity index (χ0v) is 18.1. The number of nitrogens with one attached hydrogen (secondary N) is 1. The molecule has 0 radical (unpaired) electrons. The van der Waals surface area contributed by atoms with Gasteiger partial charge < -0.3 is 25.2 Å². The highest BCUT2D eigenvalue weighted by molar-refractivity contribution is 6.19. The van der Waals surface area contributed by atoms with Gasteiger partial charge in [0, 0.05) is 36.3 Å². The lowest BCUT2D eigenvalue weighted by molar-refractivity contribution is -0.139. The summed E-state index contributed by atoms with van der Waals surface area (Å²) in [7, 11) is 1.55. The summed E-state index contributed by atoms with van der Waals surface area (Å²) in [5.74, 6) is -2.62. The summed E-state index contributed by atoms with van der Waals surface area (Å²) >= 11 is 0. The number of ether oxygens (including phenoxy) is 1. The minimum absolute atomic E-state index is 0.206. The van der Waals surface area contributed by atoms with Gasteiger partial charge in [-0.25, -0.2) is 4.98 Å². The number of aromatic nitrogens is 1. The summed E-state index contributed by atoms with van der Waals surface area (Å²) in [5.41, 5.74) is 1.41. The fourth-order valence-corrected chi connectivity index (χ4v) is 3.49. The first-order valence-electron chi connectivity index (χ1n) is 9.94. The molecule has 0 atom stereocenters. The molecule has 2 heterocycles. The third kappa shape index (κ3) is 4.88. The maximum atomic E-state index is 12.9. The molecule has 2 aromatic rings. The monoisotopic (exact) mass is 439 g/mol. The van der Waals surface area contributed by atoms with E-state index in [1.54, 1.807) is 33.2 Å². The van der Waals surface area contributed by atoms with E-state index in [9.17, 15) is 19.5 Å². The Morgan fingerprint density at radius 1 is 1.16 bits per heavy atom. The summed E-state index contributed by atoms with van der Waals surface area (Å²) < 4.78 is 5.07. The van der Waals surface area contributed by atoms with Crippen molar-refractivity contribution in [1.29, 1.82) is 0 Å². The minimum atomic E-state index is -1.25. The maximum Gasteiger partial charge on any atom is 0.322 e. The van der Waals surface area contributed by atoms with E-state index < -0.39 is 35.3 Å². The molecule has 1 aromatic carbocycles. The van der Waals surface area contributed by atoms with Crippen molar-refractivity contribution in [2.45, 2.75) is 20.4 Å². The molecular formula is C23H25N3O6. The molecule has 0 saturated carbocycles. The highest BCUT2D eigenvalue weighted by atomic mass is 16.5. The summed E-state index contributed by atoms with van der Waals surface area (Å²) in [6.45, 7) is 3.22. The molecule has 9 heteroatoms. The van der Waals surface area contributed by atoms with Crippen LogP contribution in [0.1, 0.15) is 19.4 Å². The van der Waals surface area contributed by atoms with Gasteiger partial charge in [-0.1, -0.05) is 38.1 Å². The average molecular weight is 439 g/mol. The first-order valence-corrected chi connectivity index (χ1v) is 9.94. The number of benzene rings is 1. The third-order valence-corrected chi connectivity index (χ3v) is 5.20. The van der Waals surface area contributed by atoms with Gasteiger partial charge in [0.15, 0.2) is 0 Å². The maximum absolute atomic E-state index is 12.9. The number of carbonyl (C=O) groups excluding carboxylic acids is 2. The SMILES string of the molecule is COc1ccc(-c2ccc(CN3CC(C)(C)C(O)=C(C(=O)NCC(=O)O)C3=O)cc2)cn1. The van der Waals surface area contributed by atoms with E-state index in [0.717, 1.165) is 16.7 Å². The Morgan fingerprint density at radius 3 is 2.38 bits per heavy atom. The van der Waals surface area contributed by atoms with Crippen LogP contribution in [0.15, 0.2) is 53.9 Å². The highest BCUT2D eigenvalue weighted by Crippen LogP contribution is 2.34. The van der Waals surface area contributed by atoms with Crippen molar-refractivity contribution < 1.29 is 29.3 Å². The smallest absolute Gasteiger partial charge is 0.322 e. The standard InChI is InChI=1S/C23H25N3O6/c1-23(2)13-26(22(31)19(20(23)29)21(30)25-11-18(27)28)12-14-4-6-15(7-5-14)16-8-9-17(32-3)24-10-16/h4-10,29H,11-13H2,1-3H3,(H,25,30)(H,27,28). The normalized spacial score (nSPS) is 15.5. The molecule has 0 fully saturated rings. The molecular weight excluding hydrogens is 414 g/mol. The molecule has 32 heavy (non-hydrogen) atoms. The second kappa shape index (κ2) is 9.09. The van der Waals surface area contributed by atoms with Crippen molar-refractivity contribution in [2.75, 3.05) is 20.2 Å². The lowest BCUT2D eigenvalue weighted by atomic mass is 9.83. The number of pyridine rings is 1. The Hall–Kier alpha value is -3.88. The van der Waals surface area contributed by atoms with E-state index in [1.807, 2.05) is 30.3 Å². The van der Waals surface area contributed by atoms with Crippen LogP contribution in [-0.2, 0) is 20.9 Å². The van der Waals surface area contributed by atoms with Crippen LogP contribution in [-0.4, -0.2) is 58.1 Å². The number of hydrogen-bond donors (Lipinski definition) is 3. The molecule has 1 aromatic heterocycles. The molecule has 0 saturated heterocycles. The van der Waals surface area contributed by atoms with Crippen LogP contribution in [0.3, 0.4) is 0 Å². The van der Waals surface area contributed by atoms with Crippen molar-refractivity contribution in [1.82, 2.24) is 15.2 Å². The molecule has 9 nitrogen and oxygen atoms in total. The Balaban J connectivity index is 1.78. The van der Waals surface area contributed by atoms with Crippen LogP contribution >= 0.6 is 0 Å². The van der Waals surface area contributed by atoms with Crippen molar-refractivity contribution in [3.63, 3.8) is 0 Å². The van der Waals surface area contributed by atoms with Crippen LogP contribution in [0.4, 0.5) is 0 Å². The number of amides is 2. The van der Waals surface area contributed by atoms with Crippen molar-refractivity contribution in [3.8, 4) is 17.0 Å². The van der Waals surface area contributed by atoms with E-state index in [-0.39, 0.29) is 18.8 Å². The second-order valence-corrected chi connectivity index (χ2v) is 8.13. The van der Waals surface area contributed by atoms with Gasteiger partial charge in [-0.15, -0.1) is 0 Å². The zero-order chi connectivity index (χ0) is 23.5. The number of carbonyl (C=O) groups is 3. The molecule has 0 unspecified atom stereocenters. The van der Waals surface area contributed by atoms with E-state index in [4.69, 9.17) is 9.84 Å². The zero-order valence-electron chi connectivity index (χ0n) is 18.1.